The number of aromatic amines is 1. The number of hydrogen-bond donors (Lipinski definition) is 9. The van der Waals surface area contributed by atoms with Crippen LogP contribution in [0.15, 0.2) is 139 Å². The molecule has 10 N–H and O–H groups in total. The van der Waals surface area contributed by atoms with Crippen LogP contribution >= 0.6 is 7.60 Å². The van der Waals surface area contributed by atoms with Gasteiger partial charge in [0.2, 0.25) is 23.6 Å². The highest BCUT2D eigenvalue weighted by Gasteiger charge is 2.46. The predicted octanol–water partition coefficient (Wildman–Crippen LogP) is 5.21. The van der Waals surface area contributed by atoms with Crippen LogP contribution in [0.1, 0.15) is 113 Å². The number of rotatable bonds is 25. The highest BCUT2D eigenvalue weighted by molar-refractivity contribution is 7.70. The fourth-order valence-electron chi connectivity index (χ4n) is 11.4. The van der Waals surface area contributed by atoms with E-state index in [1.807, 2.05) is 79.0 Å². The Kier molecular flexibility index (Phi) is 20.7. The van der Waals surface area contributed by atoms with Crippen molar-refractivity contribution in [2.24, 2.45) is 5.73 Å². The number of nitrogens with two attached hydrogens (primary N) is 1. The van der Waals surface area contributed by atoms with E-state index in [1.165, 1.54) is 52.4 Å². The summed E-state index contributed by atoms with van der Waals surface area (Å²) in [7, 11) is -5.14. The molecule has 4 atom stereocenters. The largest absolute Gasteiger partial charge is 0.465 e. The summed E-state index contributed by atoms with van der Waals surface area (Å²) < 4.78 is 20.0. The van der Waals surface area contributed by atoms with Crippen molar-refractivity contribution in [1.29, 1.82) is 0 Å². The van der Waals surface area contributed by atoms with Crippen LogP contribution < -0.4 is 37.9 Å². The number of anilines is 1. The number of esters is 1. The molecule has 89 heavy (non-hydrogen) atoms. The number of aryl methyl sites for hydroxylation is 1. The Morgan fingerprint density at radius 1 is 0.787 bits per heavy atom. The third-order valence-corrected chi connectivity index (χ3v) is 16.6. The van der Waals surface area contributed by atoms with Crippen LogP contribution in [0.2, 0.25) is 0 Å². The van der Waals surface area contributed by atoms with Gasteiger partial charge in [0.15, 0.2) is 0 Å². The summed E-state index contributed by atoms with van der Waals surface area (Å²) in [6.07, 6.45) is 6.57. The average molecular weight is 1240 g/mol. The number of carbonyl (C=O) groups is 9. The Hall–Kier alpha value is -9.71. The molecule has 26 heteroatoms. The number of fused-ring (bicyclic) bond motifs is 3. The van der Waals surface area contributed by atoms with E-state index in [1.54, 1.807) is 19.1 Å². The Morgan fingerprint density at radius 2 is 1.52 bits per heavy atom. The fourth-order valence-corrected chi connectivity index (χ4v) is 11.9. The van der Waals surface area contributed by atoms with E-state index >= 15 is 4.79 Å². The van der Waals surface area contributed by atoms with Gasteiger partial charge in [-0.3, -0.25) is 47.7 Å². The zero-order chi connectivity index (χ0) is 63.4. The molecule has 5 heterocycles. The second-order valence-electron chi connectivity index (χ2n) is 22.0. The molecular weight excluding hydrogens is 1170 g/mol. The maximum absolute atomic E-state index is 15.1. The number of nitrogens with one attached hydrogen (secondary N) is 6. The lowest BCUT2D eigenvalue weighted by Crippen LogP contribution is -2.62. The molecule has 0 aliphatic carbocycles. The van der Waals surface area contributed by atoms with E-state index in [9.17, 15) is 57.5 Å². The third-order valence-electron chi connectivity index (χ3n) is 15.8. The number of aromatic nitrogens is 3. The molecule has 7 aromatic rings. The van der Waals surface area contributed by atoms with Crippen molar-refractivity contribution in [3.05, 3.63) is 172 Å². The highest BCUT2D eigenvalue weighted by atomic mass is 31.2. The molecular formula is C63H70N11O14P. The van der Waals surface area contributed by atoms with Gasteiger partial charge in [0.25, 0.3) is 22.9 Å². The molecule has 2 fully saturated rings. The number of amides is 8. The first-order chi connectivity index (χ1) is 42.8. The number of urea groups is 1. The number of H-pyrrole nitrogens is 1. The minimum atomic E-state index is -5.14. The molecule has 9 rings (SSSR count). The van der Waals surface area contributed by atoms with E-state index in [0.717, 1.165) is 45.9 Å². The van der Waals surface area contributed by atoms with Crippen LogP contribution in [0.5, 0.6) is 0 Å². The maximum Gasteiger partial charge on any atom is 0.396 e. The number of unbranched alkanes of at least 4 members (excludes halogenated alkanes) is 3. The first kappa shape index (κ1) is 63.8. The Morgan fingerprint density at radius 3 is 2.22 bits per heavy atom. The maximum atomic E-state index is 15.1. The standard InChI is InChI=1S/C63H70N11O14P/c1-2-88-55(77)38-73-36-43(21-27-54(73)76)66-57(78)46-18-13-19-51-45(46)29-33-71(51)31-12-4-3-11-30-65-63(84)72-32-28-44-22-25-52(60(81)68-48(24-26-53(64)75)58(79)70-56(39-14-7-5-8-15-39)40-16-9-6-10-17-40)74(44)61(82)50(37-72)69-59(80)49-35-42-34-41(20-23-47(42)67-49)62(83)89(85,86)87/h5-10,13-21,23,27,29,33-36,44,48,50,52,56,67H,2-4,11-12,22,24-26,28,30-32,37-38H2,1H3,(H2,64,75)(H,65,84)(H,66,78)(H,68,81)(H,69,80)(H,70,79)(H2,85,86,87)/t44-,48+,50+,52+/m1/s1. The Labute approximate surface area is 510 Å². The quantitative estimate of drug-likeness (QED) is 0.0202. The first-order valence-electron chi connectivity index (χ1n) is 29.4. The van der Waals surface area contributed by atoms with Gasteiger partial charge in [-0.25, -0.2) is 4.79 Å². The van der Waals surface area contributed by atoms with Gasteiger partial charge < -0.3 is 70.8 Å². The van der Waals surface area contributed by atoms with Gasteiger partial charge >= 0.3 is 19.6 Å². The first-order valence-corrected chi connectivity index (χ1v) is 31.0. The number of hydrogen-bond acceptors (Lipinski definition) is 12. The summed E-state index contributed by atoms with van der Waals surface area (Å²) in [5.74, 6) is -4.44. The van der Waals surface area contributed by atoms with Gasteiger partial charge in [-0.15, -0.1) is 0 Å². The molecule has 3 aromatic heterocycles. The monoisotopic (exact) mass is 1240 g/mol. The summed E-state index contributed by atoms with van der Waals surface area (Å²) in [5.41, 5.74) is 6.78. The molecule has 25 nitrogen and oxygen atoms in total. The van der Waals surface area contributed by atoms with Gasteiger partial charge in [0.05, 0.1) is 24.9 Å². The van der Waals surface area contributed by atoms with Crippen LogP contribution in [-0.2, 0) is 46.4 Å². The zero-order valence-corrected chi connectivity index (χ0v) is 49.7. The topological polar surface area (TPSA) is 356 Å². The van der Waals surface area contributed by atoms with Gasteiger partial charge in [-0.1, -0.05) is 79.6 Å². The molecule has 0 radical (unpaired) electrons. The van der Waals surface area contributed by atoms with E-state index in [-0.39, 0.29) is 75.1 Å². The van der Waals surface area contributed by atoms with Crippen molar-refractivity contribution < 1.29 is 62.2 Å². The lowest BCUT2D eigenvalue weighted by atomic mass is 9.98. The molecule has 4 aromatic carbocycles. The molecule has 466 valence electrons. The molecule has 0 saturated carbocycles. The molecule has 2 aliphatic rings. The van der Waals surface area contributed by atoms with E-state index in [0.29, 0.717) is 36.2 Å². The third kappa shape index (κ3) is 15.9. The van der Waals surface area contributed by atoms with Gasteiger partial charge in [0.1, 0.15) is 30.4 Å². The van der Waals surface area contributed by atoms with E-state index in [2.05, 4.69) is 36.1 Å². The average Bonchev–Trinajstić information content (AvgIpc) is 3.64. The number of benzene rings is 4. The van der Waals surface area contributed by atoms with Crippen LogP contribution in [0.3, 0.4) is 0 Å². The summed E-state index contributed by atoms with van der Waals surface area (Å²) in [4.78, 5) is 160. The number of ether oxygens (including phenoxy) is 1. The second kappa shape index (κ2) is 28.9. The predicted molar refractivity (Wildman–Crippen MR) is 328 cm³/mol. The van der Waals surface area contributed by atoms with Crippen molar-refractivity contribution in [3.63, 3.8) is 0 Å². The van der Waals surface area contributed by atoms with Crippen LogP contribution in [-0.4, -0.2) is 137 Å². The van der Waals surface area contributed by atoms with Crippen LogP contribution in [0, 0.1) is 0 Å². The van der Waals surface area contributed by atoms with Crippen molar-refractivity contribution in [2.75, 3.05) is 31.6 Å². The summed E-state index contributed by atoms with van der Waals surface area (Å²) in [6.45, 7) is 2.25. The van der Waals surface area contributed by atoms with Crippen LogP contribution in [0.25, 0.3) is 21.8 Å². The summed E-state index contributed by atoms with van der Waals surface area (Å²) >= 11 is 0. The van der Waals surface area contributed by atoms with Gasteiger partial charge in [-0.2, -0.15) is 0 Å². The van der Waals surface area contributed by atoms with Gasteiger partial charge in [0, 0.05) is 83.5 Å². The molecule has 0 bridgehead atoms. The number of pyridine rings is 1. The summed E-state index contributed by atoms with van der Waals surface area (Å²) in [6, 6.07) is 28.0. The smallest absolute Gasteiger partial charge is 0.396 e. The van der Waals surface area contributed by atoms with Gasteiger partial charge in [-0.05, 0) is 105 Å². The Bertz CT molecular complexity index is 3860. The SMILES string of the molecule is CCOC(=O)Cn1cc(NC(=O)c2cccc3c2ccn3CCCCCCNC(=O)N2CC[C@H]3CC[C@@H](C(=O)N[C@@H](CCC(N)=O)C(=O)NC(c4ccccc4)c4ccccc4)N3C(=O)[C@@H](NC(=O)c3cc4cc(C(=O)P(=O)(O)O)ccc4[nH]3)C2)ccc1=O. The number of nitrogens with zero attached hydrogens (tertiary/aromatic N) is 4. The van der Waals surface area contributed by atoms with Crippen molar-refractivity contribution in [2.45, 2.75) is 108 Å². The molecule has 2 aliphatic heterocycles. The lowest BCUT2D eigenvalue weighted by molar-refractivity contribution is -0.144. The van der Waals surface area contributed by atoms with Crippen molar-refractivity contribution in [1.82, 2.24) is 45.2 Å². The van der Waals surface area contributed by atoms with Crippen molar-refractivity contribution >= 4 is 88.1 Å². The zero-order valence-electron chi connectivity index (χ0n) is 48.8. The normalized spacial score (nSPS) is 16.2. The number of primary amides is 1. The van der Waals surface area contributed by atoms with Crippen molar-refractivity contribution in [3.8, 4) is 0 Å². The minimum Gasteiger partial charge on any atom is -0.465 e. The summed E-state index contributed by atoms with van der Waals surface area (Å²) in [5, 5.41) is 15.4. The minimum absolute atomic E-state index is 0.0856. The second-order valence-corrected chi connectivity index (χ2v) is 23.4. The van der Waals surface area contributed by atoms with E-state index < -0.39 is 96.3 Å². The molecule has 2 saturated heterocycles. The number of carbonyl (C=O) groups excluding carboxylic acids is 9. The fraction of sp³-hybridized carbons (Fsp3) is 0.333. The highest BCUT2D eigenvalue weighted by Crippen LogP contribution is 2.39. The van der Waals surface area contributed by atoms with E-state index in [4.69, 9.17) is 10.5 Å². The molecule has 0 spiro atoms. The van der Waals surface area contributed by atoms with Crippen LogP contribution in [0.4, 0.5) is 10.5 Å². The lowest BCUT2D eigenvalue weighted by Gasteiger charge is -2.39. The Balaban J connectivity index is 0.847. The molecule has 8 amide bonds. The molecule has 0 unspecified atom stereocenters.